The second-order valence-corrected chi connectivity index (χ2v) is 19.0. The first kappa shape index (κ1) is 43.7. The molecule has 0 spiro atoms. The van der Waals surface area contributed by atoms with Crippen LogP contribution in [-0.4, -0.2) is 105 Å². The van der Waals surface area contributed by atoms with Crippen LogP contribution in [-0.2, 0) is 30.4 Å². The maximum Gasteiger partial charge on any atom is 0.407 e. The number of imidazole rings is 2. The van der Waals surface area contributed by atoms with E-state index in [4.69, 9.17) is 28.9 Å². The molecule has 4 amide bonds. The first-order valence-corrected chi connectivity index (χ1v) is 23.7. The summed E-state index contributed by atoms with van der Waals surface area (Å²) in [4.78, 5) is 74.8. The minimum Gasteiger partial charge on any atom is -0.488 e. The van der Waals surface area contributed by atoms with Gasteiger partial charge in [-0.1, -0.05) is 44.9 Å². The zero-order chi connectivity index (χ0) is 45.8. The number of amides is 4. The fourth-order valence-electron chi connectivity index (χ4n) is 11.6. The fraction of sp³-hybridized carbons (Fsp3) is 0.520. The van der Waals surface area contributed by atoms with Gasteiger partial charge >= 0.3 is 12.2 Å². The van der Waals surface area contributed by atoms with E-state index < -0.39 is 24.3 Å². The number of rotatable bonds is 10. The molecular weight excluding hydrogens is 841 g/mol. The zero-order valence-corrected chi connectivity index (χ0v) is 38.4. The highest BCUT2D eigenvalue weighted by molar-refractivity contribution is 6.07. The van der Waals surface area contributed by atoms with Crippen LogP contribution in [0.2, 0.25) is 0 Å². The van der Waals surface area contributed by atoms with Crippen LogP contribution < -0.4 is 15.4 Å². The summed E-state index contributed by atoms with van der Waals surface area (Å²) in [7, 11) is 2.64. The molecule has 6 heterocycles. The first-order valence-electron chi connectivity index (χ1n) is 23.7. The SMILES string of the molecule is CC[C@H](C)[C@H](NC(=O)OC)C(=O)N1[C@H](c2nc3c(ccc4cc5c(cc43)OCc3cc(-c4cnc([C@@H]6CC[C@H](C)N6C(=O)[C@@H](NC(=O)OC)C6CCOCC6)[nH]4)ccc3-5)[nH]2)C[C@@H]2CCC[C@@H]21. The van der Waals surface area contributed by atoms with Crippen molar-refractivity contribution in [3.05, 3.63) is 65.9 Å². The van der Waals surface area contributed by atoms with E-state index in [1.807, 2.05) is 29.8 Å². The molecule has 16 nitrogen and oxygen atoms in total. The topological polar surface area (TPSA) is 193 Å². The van der Waals surface area contributed by atoms with Gasteiger partial charge in [0.1, 0.15) is 36.1 Å². The number of aromatic amines is 2. The molecule has 3 aromatic carbocycles. The molecule has 10 rings (SSSR count). The Labute approximate surface area is 383 Å². The maximum atomic E-state index is 14.5. The number of carbonyl (C=O) groups excluding carboxylic acids is 4. The summed E-state index contributed by atoms with van der Waals surface area (Å²) in [6.45, 7) is 7.55. The maximum absolute atomic E-state index is 14.5. The Morgan fingerprint density at radius 3 is 2.45 bits per heavy atom. The number of fused-ring (bicyclic) bond motifs is 7. The van der Waals surface area contributed by atoms with Gasteiger partial charge in [0.2, 0.25) is 11.8 Å². The van der Waals surface area contributed by atoms with Crippen LogP contribution >= 0.6 is 0 Å². The molecule has 0 radical (unpaired) electrons. The summed E-state index contributed by atoms with van der Waals surface area (Å²) >= 11 is 0. The van der Waals surface area contributed by atoms with Crippen LogP contribution in [0.5, 0.6) is 5.75 Å². The Balaban J connectivity index is 0.906. The van der Waals surface area contributed by atoms with Crippen LogP contribution in [0.15, 0.2) is 48.7 Å². The fourth-order valence-corrected chi connectivity index (χ4v) is 11.6. The minimum atomic E-state index is -0.714. The molecule has 1 saturated carbocycles. The third-order valence-electron chi connectivity index (χ3n) is 15.3. The number of hydrogen-bond acceptors (Lipinski definition) is 10. The molecule has 4 aliphatic heterocycles. The quantitative estimate of drug-likeness (QED) is 0.107. The molecule has 0 unspecified atom stereocenters. The molecule has 1 aliphatic carbocycles. The summed E-state index contributed by atoms with van der Waals surface area (Å²) in [5.74, 6) is 2.31. The number of ether oxygens (including phenoxy) is 4. The van der Waals surface area contributed by atoms with E-state index in [0.717, 1.165) is 106 Å². The van der Waals surface area contributed by atoms with Gasteiger partial charge in [-0.15, -0.1) is 0 Å². The standard InChI is InChI=1S/C50H60N8O8/c1-6-26(2)42(55-49(61)63-4)47(59)58-38-9-7-8-31(38)22-40(58)46-52-36-14-12-29-21-35-33-13-11-30(20-32(33)25-66-41(35)23-34(29)44(36)54-46)37-24-51-45(53-37)39-15-10-27(3)57(39)48(60)43(56-50(62)64-5)28-16-18-65-19-17-28/h11-14,20-21,23-24,26-28,31,38-40,42-43H,6-10,15-19,22,25H2,1-5H3,(H,51,53)(H,52,54)(H,55,61)(H,56,62)/t26-,27-,31-,38-,39-,40-,42-,43-/m0/s1. The highest BCUT2D eigenvalue weighted by Crippen LogP contribution is 2.49. The third kappa shape index (κ3) is 7.79. The third-order valence-corrected chi connectivity index (χ3v) is 15.3. The molecule has 4 fully saturated rings. The van der Waals surface area contributed by atoms with Crippen molar-refractivity contribution in [1.29, 1.82) is 0 Å². The van der Waals surface area contributed by atoms with Gasteiger partial charge in [0, 0.05) is 36.2 Å². The van der Waals surface area contributed by atoms with Crippen molar-refractivity contribution in [2.75, 3.05) is 27.4 Å². The van der Waals surface area contributed by atoms with Gasteiger partial charge < -0.3 is 49.3 Å². The van der Waals surface area contributed by atoms with Crippen molar-refractivity contribution < 1.29 is 38.1 Å². The zero-order valence-electron chi connectivity index (χ0n) is 38.4. The second-order valence-electron chi connectivity index (χ2n) is 19.0. The Morgan fingerprint density at radius 1 is 0.864 bits per heavy atom. The summed E-state index contributed by atoms with van der Waals surface area (Å²) in [5, 5.41) is 7.69. The molecule has 0 bridgehead atoms. The molecule has 2 aromatic heterocycles. The van der Waals surface area contributed by atoms with E-state index in [1.165, 1.54) is 14.2 Å². The smallest absolute Gasteiger partial charge is 0.407 e. The molecule has 8 atom stereocenters. The van der Waals surface area contributed by atoms with E-state index in [9.17, 15) is 19.2 Å². The summed E-state index contributed by atoms with van der Waals surface area (Å²) in [5.41, 5.74) is 6.66. The van der Waals surface area contributed by atoms with Crippen molar-refractivity contribution in [2.45, 2.75) is 121 Å². The number of hydrogen-bond donors (Lipinski definition) is 4. The van der Waals surface area contributed by atoms with Gasteiger partial charge in [-0.3, -0.25) is 9.59 Å². The van der Waals surface area contributed by atoms with Crippen molar-refractivity contribution in [3.63, 3.8) is 0 Å². The number of carbonyl (C=O) groups is 4. The molecule has 16 heteroatoms. The lowest BCUT2D eigenvalue weighted by molar-refractivity contribution is -0.139. The summed E-state index contributed by atoms with van der Waals surface area (Å²) < 4.78 is 21.9. The predicted octanol–water partition coefficient (Wildman–Crippen LogP) is 8.08. The van der Waals surface area contributed by atoms with Crippen LogP contribution in [0.1, 0.15) is 108 Å². The van der Waals surface area contributed by atoms with Crippen LogP contribution in [0.4, 0.5) is 9.59 Å². The Bertz CT molecular complexity index is 2670. The van der Waals surface area contributed by atoms with Crippen molar-refractivity contribution in [3.8, 4) is 28.1 Å². The number of H-pyrrole nitrogens is 2. The van der Waals surface area contributed by atoms with E-state index in [-0.39, 0.29) is 47.8 Å². The highest BCUT2D eigenvalue weighted by Gasteiger charge is 2.50. The molecular formula is C50H60N8O8. The van der Waals surface area contributed by atoms with Crippen molar-refractivity contribution >= 4 is 45.8 Å². The molecule has 4 N–H and O–H groups in total. The molecule has 3 saturated heterocycles. The summed E-state index contributed by atoms with van der Waals surface area (Å²) in [6, 6.07) is 13.0. The highest BCUT2D eigenvalue weighted by atomic mass is 16.5. The lowest BCUT2D eigenvalue weighted by atomic mass is 9.90. The van der Waals surface area contributed by atoms with Crippen LogP contribution in [0.3, 0.4) is 0 Å². The van der Waals surface area contributed by atoms with Crippen LogP contribution in [0, 0.1) is 17.8 Å². The minimum absolute atomic E-state index is 0.0280. The van der Waals surface area contributed by atoms with E-state index in [0.29, 0.717) is 44.4 Å². The lowest BCUT2D eigenvalue weighted by Crippen LogP contribution is -2.54. The number of likely N-dealkylation sites (tertiary alicyclic amines) is 2. The van der Waals surface area contributed by atoms with Crippen LogP contribution in [0.25, 0.3) is 44.2 Å². The van der Waals surface area contributed by atoms with E-state index >= 15 is 0 Å². The average Bonchev–Trinajstić information content (AvgIpc) is 4.20. The number of benzene rings is 3. The number of nitrogens with one attached hydrogen (secondary N) is 4. The van der Waals surface area contributed by atoms with Gasteiger partial charge in [-0.2, -0.15) is 0 Å². The van der Waals surface area contributed by atoms with Gasteiger partial charge in [0.15, 0.2) is 0 Å². The van der Waals surface area contributed by atoms with Crippen molar-refractivity contribution in [1.82, 2.24) is 40.4 Å². The number of aromatic nitrogens is 4. The van der Waals surface area contributed by atoms with Gasteiger partial charge in [0.25, 0.3) is 0 Å². The predicted molar refractivity (Wildman–Crippen MR) is 246 cm³/mol. The van der Waals surface area contributed by atoms with Crippen molar-refractivity contribution in [2.24, 2.45) is 17.8 Å². The molecule has 348 valence electrons. The normalized spacial score (nSPS) is 24.0. The molecule has 66 heavy (non-hydrogen) atoms. The first-order chi connectivity index (χ1) is 32.0. The van der Waals surface area contributed by atoms with Gasteiger partial charge in [-0.25, -0.2) is 19.6 Å². The number of nitrogens with zero attached hydrogens (tertiary/aromatic N) is 4. The van der Waals surface area contributed by atoms with E-state index in [2.05, 4.69) is 70.0 Å². The number of methoxy groups -OCH3 is 2. The van der Waals surface area contributed by atoms with Gasteiger partial charge in [-0.05, 0) is 116 Å². The second kappa shape index (κ2) is 17.9. The summed E-state index contributed by atoms with van der Waals surface area (Å²) in [6.07, 6.45) is 8.18. The average molecular weight is 901 g/mol. The Kier molecular flexibility index (Phi) is 11.9. The molecule has 5 aliphatic rings. The number of alkyl carbamates (subject to hydrolysis) is 2. The van der Waals surface area contributed by atoms with E-state index in [1.54, 1.807) is 0 Å². The Morgan fingerprint density at radius 2 is 1.67 bits per heavy atom. The van der Waals surface area contributed by atoms with Gasteiger partial charge in [0.05, 0.1) is 49.2 Å². The monoisotopic (exact) mass is 900 g/mol. The lowest BCUT2D eigenvalue weighted by Gasteiger charge is -2.36. The Hall–Kier alpha value is -6.16. The largest absolute Gasteiger partial charge is 0.488 e. The molecule has 5 aromatic rings.